The molecular formula is C13H16ClN3O2. The van der Waals surface area contributed by atoms with Crippen molar-refractivity contribution in [2.24, 2.45) is 5.73 Å². The van der Waals surface area contributed by atoms with Crippen LogP contribution in [0.5, 0.6) is 11.5 Å². The fourth-order valence-corrected chi connectivity index (χ4v) is 1.99. The topological polar surface area (TPSA) is 62.3 Å². The van der Waals surface area contributed by atoms with E-state index in [4.69, 9.17) is 26.8 Å². The predicted octanol–water partition coefficient (Wildman–Crippen LogP) is 2.08. The van der Waals surface area contributed by atoms with Gasteiger partial charge in [0.1, 0.15) is 6.61 Å². The van der Waals surface area contributed by atoms with Crippen LogP contribution < -0.4 is 15.2 Å². The zero-order valence-electron chi connectivity index (χ0n) is 10.7. The number of rotatable bonds is 6. The Morgan fingerprint density at radius 1 is 1.42 bits per heavy atom. The molecule has 2 N–H and O–H groups in total. The van der Waals surface area contributed by atoms with Gasteiger partial charge in [-0.25, -0.2) is 4.98 Å². The molecule has 1 aromatic heterocycles. The first kappa shape index (κ1) is 13.7. The van der Waals surface area contributed by atoms with E-state index in [0.717, 1.165) is 5.56 Å². The number of nitrogens with zero attached hydrogens (tertiary/aromatic N) is 2. The summed E-state index contributed by atoms with van der Waals surface area (Å²) in [7, 11) is 1.58. The summed E-state index contributed by atoms with van der Waals surface area (Å²) in [6.07, 6.45) is 5.34. The maximum Gasteiger partial charge on any atom is 0.179 e. The summed E-state index contributed by atoms with van der Waals surface area (Å²) in [6.45, 7) is 1.58. The van der Waals surface area contributed by atoms with Crippen LogP contribution in [-0.2, 0) is 13.1 Å². The highest BCUT2D eigenvalue weighted by molar-refractivity contribution is 6.32. The van der Waals surface area contributed by atoms with Crippen molar-refractivity contribution in [3.8, 4) is 11.5 Å². The number of hydrogen-bond acceptors (Lipinski definition) is 4. The fourth-order valence-electron chi connectivity index (χ4n) is 1.70. The van der Waals surface area contributed by atoms with Crippen LogP contribution in [0, 0.1) is 0 Å². The number of methoxy groups -OCH3 is 1. The molecule has 0 aliphatic heterocycles. The molecule has 0 spiro atoms. The van der Waals surface area contributed by atoms with Gasteiger partial charge in [0.2, 0.25) is 0 Å². The zero-order valence-corrected chi connectivity index (χ0v) is 11.4. The van der Waals surface area contributed by atoms with Gasteiger partial charge >= 0.3 is 0 Å². The summed E-state index contributed by atoms with van der Waals surface area (Å²) in [5.74, 6) is 1.14. The van der Waals surface area contributed by atoms with Crippen LogP contribution >= 0.6 is 11.6 Å². The Morgan fingerprint density at radius 2 is 2.26 bits per heavy atom. The third-order valence-electron chi connectivity index (χ3n) is 2.68. The summed E-state index contributed by atoms with van der Waals surface area (Å²) in [5, 5.41) is 0.505. The Bertz CT molecular complexity index is 529. The van der Waals surface area contributed by atoms with Gasteiger partial charge in [-0.1, -0.05) is 11.6 Å². The molecule has 5 nitrogen and oxygen atoms in total. The normalized spacial score (nSPS) is 10.5. The molecule has 0 aliphatic carbocycles. The first-order valence-corrected chi connectivity index (χ1v) is 6.27. The molecule has 0 radical (unpaired) electrons. The van der Waals surface area contributed by atoms with Crippen molar-refractivity contribution in [2.45, 2.75) is 13.1 Å². The molecule has 6 heteroatoms. The number of hydrogen-bond donors (Lipinski definition) is 1. The van der Waals surface area contributed by atoms with Crippen molar-refractivity contribution in [1.82, 2.24) is 9.55 Å². The molecule has 0 unspecified atom stereocenters. The molecule has 2 aromatic rings. The molecule has 0 saturated heterocycles. The van der Waals surface area contributed by atoms with E-state index in [0.29, 0.717) is 36.2 Å². The summed E-state index contributed by atoms with van der Waals surface area (Å²) >= 11 is 6.17. The molecular weight excluding hydrogens is 266 g/mol. The molecule has 19 heavy (non-hydrogen) atoms. The lowest BCUT2D eigenvalue weighted by molar-refractivity contribution is 0.279. The number of imidazole rings is 1. The lowest BCUT2D eigenvalue weighted by Gasteiger charge is -2.14. The molecule has 0 atom stereocenters. The van der Waals surface area contributed by atoms with Gasteiger partial charge in [-0.05, 0) is 17.7 Å². The minimum Gasteiger partial charge on any atom is -0.493 e. The second-order valence-corrected chi connectivity index (χ2v) is 4.37. The van der Waals surface area contributed by atoms with E-state index < -0.39 is 0 Å². The van der Waals surface area contributed by atoms with E-state index in [-0.39, 0.29) is 0 Å². The Labute approximate surface area is 116 Å². The molecule has 0 amide bonds. The van der Waals surface area contributed by atoms with E-state index in [9.17, 15) is 0 Å². The third kappa shape index (κ3) is 3.39. The number of ether oxygens (including phenoxy) is 2. The number of benzene rings is 1. The Hall–Kier alpha value is -1.72. The summed E-state index contributed by atoms with van der Waals surface area (Å²) in [5.41, 5.74) is 6.50. The van der Waals surface area contributed by atoms with E-state index in [1.54, 1.807) is 25.7 Å². The number of halogens is 1. The van der Waals surface area contributed by atoms with E-state index in [1.165, 1.54) is 0 Å². The van der Waals surface area contributed by atoms with Crippen LogP contribution in [0.15, 0.2) is 30.9 Å². The monoisotopic (exact) mass is 281 g/mol. The van der Waals surface area contributed by atoms with Gasteiger partial charge in [-0.15, -0.1) is 0 Å². The van der Waals surface area contributed by atoms with Gasteiger partial charge in [0, 0.05) is 18.9 Å². The summed E-state index contributed by atoms with van der Waals surface area (Å²) in [4.78, 5) is 3.96. The van der Waals surface area contributed by atoms with Crippen LogP contribution in [0.4, 0.5) is 0 Å². The Morgan fingerprint density at radius 3 is 2.89 bits per heavy atom. The van der Waals surface area contributed by atoms with Gasteiger partial charge in [0.15, 0.2) is 11.5 Å². The average molecular weight is 282 g/mol. The standard InChI is InChI=1S/C13H16ClN3O2/c1-18-12-7-10(8-15)6-11(14)13(12)19-5-4-17-3-2-16-9-17/h2-3,6-7,9H,4-5,8,15H2,1H3. The van der Waals surface area contributed by atoms with Crippen molar-refractivity contribution >= 4 is 11.6 Å². The lowest BCUT2D eigenvalue weighted by atomic mass is 10.2. The SMILES string of the molecule is COc1cc(CN)cc(Cl)c1OCCn1ccnc1. The van der Waals surface area contributed by atoms with E-state index in [1.807, 2.05) is 16.8 Å². The number of nitrogens with two attached hydrogens (primary N) is 1. The highest BCUT2D eigenvalue weighted by Crippen LogP contribution is 2.36. The van der Waals surface area contributed by atoms with Crippen LogP contribution in [0.25, 0.3) is 0 Å². The maximum atomic E-state index is 6.17. The van der Waals surface area contributed by atoms with Gasteiger partial charge in [-0.2, -0.15) is 0 Å². The average Bonchev–Trinajstić information content (AvgIpc) is 2.93. The zero-order chi connectivity index (χ0) is 13.7. The van der Waals surface area contributed by atoms with Crippen LogP contribution in [-0.4, -0.2) is 23.3 Å². The van der Waals surface area contributed by atoms with Crippen LogP contribution in [0.2, 0.25) is 5.02 Å². The first-order chi connectivity index (χ1) is 9.24. The molecule has 0 fully saturated rings. The molecule has 1 aromatic carbocycles. The highest BCUT2D eigenvalue weighted by atomic mass is 35.5. The highest BCUT2D eigenvalue weighted by Gasteiger charge is 2.11. The van der Waals surface area contributed by atoms with Crippen molar-refractivity contribution in [1.29, 1.82) is 0 Å². The molecule has 1 heterocycles. The van der Waals surface area contributed by atoms with Crippen molar-refractivity contribution in [3.05, 3.63) is 41.4 Å². The van der Waals surface area contributed by atoms with Crippen molar-refractivity contribution < 1.29 is 9.47 Å². The third-order valence-corrected chi connectivity index (χ3v) is 2.96. The van der Waals surface area contributed by atoms with Gasteiger partial charge in [0.05, 0.1) is 25.0 Å². The quantitative estimate of drug-likeness (QED) is 0.881. The smallest absolute Gasteiger partial charge is 0.179 e. The van der Waals surface area contributed by atoms with Crippen molar-refractivity contribution in [2.75, 3.05) is 13.7 Å². The largest absolute Gasteiger partial charge is 0.493 e. The fraction of sp³-hybridized carbons (Fsp3) is 0.308. The minimum absolute atomic E-state index is 0.408. The summed E-state index contributed by atoms with van der Waals surface area (Å²) < 4.78 is 12.9. The van der Waals surface area contributed by atoms with Gasteiger partial charge in [0.25, 0.3) is 0 Å². The lowest BCUT2D eigenvalue weighted by Crippen LogP contribution is -2.08. The molecule has 0 bridgehead atoms. The summed E-state index contributed by atoms with van der Waals surface area (Å²) in [6, 6.07) is 3.62. The molecule has 0 saturated carbocycles. The minimum atomic E-state index is 0.408. The number of aromatic nitrogens is 2. The predicted molar refractivity (Wildman–Crippen MR) is 73.6 cm³/mol. The Kier molecular flexibility index (Phi) is 4.65. The molecule has 0 aliphatic rings. The molecule has 102 valence electrons. The van der Waals surface area contributed by atoms with Crippen molar-refractivity contribution in [3.63, 3.8) is 0 Å². The van der Waals surface area contributed by atoms with Gasteiger partial charge < -0.3 is 19.8 Å². The van der Waals surface area contributed by atoms with E-state index >= 15 is 0 Å². The van der Waals surface area contributed by atoms with E-state index in [2.05, 4.69) is 4.98 Å². The first-order valence-electron chi connectivity index (χ1n) is 5.89. The second-order valence-electron chi connectivity index (χ2n) is 3.96. The van der Waals surface area contributed by atoms with Crippen LogP contribution in [0.3, 0.4) is 0 Å². The second kappa shape index (κ2) is 6.45. The van der Waals surface area contributed by atoms with Crippen LogP contribution in [0.1, 0.15) is 5.56 Å². The maximum absolute atomic E-state index is 6.17. The molecule has 2 rings (SSSR count). The Balaban J connectivity index is 2.06. The van der Waals surface area contributed by atoms with Gasteiger partial charge in [-0.3, -0.25) is 0 Å².